The molecular weight excluding hydrogens is 491 g/mol. The summed E-state index contributed by atoms with van der Waals surface area (Å²) in [5.41, 5.74) is 15.9. The van der Waals surface area contributed by atoms with E-state index in [1.807, 2.05) is 37.3 Å². The molecule has 0 atom stereocenters. The van der Waals surface area contributed by atoms with Gasteiger partial charge in [-0.05, 0) is 80.6 Å². The summed E-state index contributed by atoms with van der Waals surface area (Å²) in [6, 6.07) is 20.1. The van der Waals surface area contributed by atoms with Crippen LogP contribution >= 0.6 is 22.6 Å². The van der Waals surface area contributed by atoms with Gasteiger partial charge in [-0.2, -0.15) is 0 Å². The van der Waals surface area contributed by atoms with Crippen molar-refractivity contribution in [3.05, 3.63) is 96.9 Å². The first kappa shape index (κ1) is 20.3. The van der Waals surface area contributed by atoms with E-state index in [9.17, 15) is 4.79 Å². The molecule has 1 amide bonds. The van der Waals surface area contributed by atoms with Crippen LogP contribution in [0.3, 0.4) is 0 Å². The topological polar surface area (TPSA) is 87.1 Å². The normalized spacial score (nSPS) is 11.9. The number of amides is 1. The number of rotatable bonds is 5. The second-order valence-corrected chi connectivity index (χ2v) is 8.24. The maximum absolute atomic E-state index is 12.4. The van der Waals surface area contributed by atoms with Crippen LogP contribution < -0.4 is 5.32 Å². The van der Waals surface area contributed by atoms with E-state index < -0.39 is 6.09 Å². The van der Waals surface area contributed by atoms with Crippen molar-refractivity contribution in [2.75, 3.05) is 6.61 Å². The highest BCUT2D eigenvalue weighted by molar-refractivity contribution is 14.1. The minimum atomic E-state index is -0.472. The molecule has 1 aliphatic rings. The molecule has 0 aromatic heterocycles. The highest BCUT2D eigenvalue weighted by Gasteiger charge is 2.28. The molecule has 4 rings (SSSR count). The molecule has 0 radical (unpaired) electrons. The van der Waals surface area contributed by atoms with Crippen LogP contribution in [0.1, 0.15) is 28.2 Å². The molecule has 0 unspecified atom stereocenters. The van der Waals surface area contributed by atoms with Crippen LogP contribution in [0, 0.1) is 10.5 Å². The predicted octanol–water partition coefficient (Wildman–Crippen LogP) is 6.58. The molecule has 0 aliphatic heterocycles. The molecule has 3 aromatic rings. The van der Waals surface area contributed by atoms with Crippen molar-refractivity contribution in [3.63, 3.8) is 0 Å². The van der Waals surface area contributed by atoms with Crippen molar-refractivity contribution in [2.24, 2.45) is 5.11 Å². The molecular formula is C23H19IN4O2. The average Bonchev–Trinajstić information content (AvgIpc) is 3.08. The number of hydrogen-bond donors (Lipinski definition) is 1. The van der Waals surface area contributed by atoms with Gasteiger partial charge in [0.1, 0.15) is 6.61 Å². The van der Waals surface area contributed by atoms with Crippen molar-refractivity contribution in [3.8, 4) is 11.1 Å². The molecule has 0 spiro atoms. The Hall–Kier alpha value is -3.03. The number of carbonyl (C=O) groups is 1. The van der Waals surface area contributed by atoms with Gasteiger partial charge < -0.3 is 10.1 Å². The van der Waals surface area contributed by atoms with Crippen LogP contribution in [-0.2, 0) is 11.3 Å². The molecule has 0 saturated heterocycles. The molecule has 6 nitrogen and oxygen atoms in total. The zero-order valence-electron chi connectivity index (χ0n) is 16.3. The number of azide groups is 1. The Bertz CT molecular complexity index is 1130. The Morgan fingerprint density at radius 3 is 2.40 bits per heavy atom. The van der Waals surface area contributed by atoms with Gasteiger partial charge in [0.2, 0.25) is 0 Å². The van der Waals surface area contributed by atoms with Gasteiger partial charge in [0.25, 0.3) is 0 Å². The first-order valence-electron chi connectivity index (χ1n) is 9.51. The van der Waals surface area contributed by atoms with Gasteiger partial charge in [-0.1, -0.05) is 53.6 Å². The number of fused-ring (bicyclic) bond motifs is 3. The molecule has 7 heteroatoms. The second kappa shape index (κ2) is 8.77. The van der Waals surface area contributed by atoms with Gasteiger partial charge in [0.15, 0.2) is 0 Å². The summed E-state index contributed by atoms with van der Waals surface area (Å²) < 4.78 is 6.55. The Kier molecular flexibility index (Phi) is 5.92. The number of ether oxygens (including phenoxy) is 1. The van der Waals surface area contributed by atoms with Gasteiger partial charge in [-0.3, -0.25) is 0 Å². The van der Waals surface area contributed by atoms with E-state index >= 15 is 0 Å². The number of nitrogens with zero attached hydrogens (tertiary/aromatic N) is 3. The minimum Gasteiger partial charge on any atom is -0.449 e. The van der Waals surface area contributed by atoms with E-state index in [4.69, 9.17) is 10.3 Å². The third-order valence-electron chi connectivity index (χ3n) is 5.36. The summed E-state index contributed by atoms with van der Waals surface area (Å²) in [4.78, 5) is 15.2. The lowest BCUT2D eigenvalue weighted by Gasteiger charge is -2.15. The van der Waals surface area contributed by atoms with Crippen LogP contribution in [0.5, 0.6) is 0 Å². The van der Waals surface area contributed by atoms with Crippen molar-refractivity contribution in [1.82, 2.24) is 5.32 Å². The van der Waals surface area contributed by atoms with Crippen LogP contribution in [0.25, 0.3) is 21.6 Å². The maximum Gasteiger partial charge on any atom is 0.407 e. The van der Waals surface area contributed by atoms with E-state index in [-0.39, 0.29) is 12.5 Å². The van der Waals surface area contributed by atoms with E-state index in [0.29, 0.717) is 12.2 Å². The van der Waals surface area contributed by atoms with Crippen molar-refractivity contribution in [2.45, 2.75) is 19.4 Å². The molecule has 1 N–H and O–H groups in total. The van der Waals surface area contributed by atoms with Crippen molar-refractivity contribution >= 4 is 34.4 Å². The predicted molar refractivity (Wildman–Crippen MR) is 125 cm³/mol. The van der Waals surface area contributed by atoms with Gasteiger partial charge in [0, 0.05) is 26.6 Å². The number of carbonyl (C=O) groups excluding carboxylic acids is 1. The first-order chi connectivity index (χ1) is 14.6. The van der Waals surface area contributed by atoms with Crippen molar-refractivity contribution in [1.29, 1.82) is 0 Å². The number of hydrogen-bond acceptors (Lipinski definition) is 3. The fourth-order valence-electron chi connectivity index (χ4n) is 3.83. The molecule has 30 heavy (non-hydrogen) atoms. The Balaban J connectivity index is 1.43. The molecule has 0 bridgehead atoms. The fraction of sp³-hybridized carbons (Fsp3) is 0.174. The lowest BCUT2D eigenvalue weighted by atomic mass is 9.98. The molecule has 1 aliphatic carbocycles. The summed E-state index contributed by atoms with van der Waals surface area (Å²) in [5.74, 6) is 0.0270. The van der Waals surface area contributed by atoms with Gasteiger partial charge in [0.05, 0.1) is 0 Å². The quantitative estimate of drug-likeness (QED) is 0.182. The van der Waals surface area contributed by atoms with Gasteiger partial charge in [-0.15, -0.1) is 0 Å². The smallest absolute Gasteiger partial charge is 0.407 e. The van der Waals surface area contributed by atoms with E-state index in [1.54, 1.807) is 6.07 Å². The molecule has 0 heterocycles. The largest absolute Gasteiger partial charge is 0.449 e. The highest BCUT2D eigenvalue weighted by Crippen LogP contribution is 2.44. The lowest BCUT2D eigenvalue weighted by Crippen LogP contribution is -2.26. The third kappa shape index (κ3) is 3.99. The SMILES string of the molecule is Cc1c(I)cc(N=[N+]=[N-])cc1CNC(=O)OCC1c2ccccc2-c2ccccc21. The standard InChI is InChI=1S/C23H19IN4O2/c1-14-15(10-16(27-28-25)11-22(14)24)12-26-23(29)30-13-21-19-8-4-2-6-17(19)18-7-3-5-9-20(18)21/h2-11,21H,12-13H2,1H3,(H,26,29). The van der Waals surface area contributed by atoms with Crippen LogP contribution in [0.2, 0.25) is 0 Å². The zero-order valence-corrected chi connectivity index (χ0v) is 18.5. The molecule has 150 valence electrons. The molecule has 3 aromatic carbocycles. The Morgan fingerprint density at radius 1 is 1.13 bits per heavy atom. The number of nitrogens with one attached hydrogen (secondary N) is 1. The maximum atomic E-state index is 12.4. The minimum absolute atomic E-state index is 0.0270. The summed E-state index contributed by atoms with van der Waals surface area (Å²) in [5, 5.41) is 6.47. The lowest BCUT2D eigenvalue weighted by molar-refractivity contribution is 0.142. The summed E-state index contributed by atoms with van der Waals surface area (Å²) in [7, 11) is 0. The summed E-state index contributed by atoms with van der Waals surface area (Å²) in [6.07, 6.45) is -0.472. The fourth-order valence-corrected chi connectivity index (χ4v) is 4.50. The first-order valence-corrected chi connectivity index (χ1v) is 10.6. The van der Waals surface area contributed by atoms with E-state index in [0.717, 1.165) is 14.7 Å². The monoisotopic (exact) mass is 510 g/mol. The highest BCUT2D eigenvalue weighted by atomic mass is 127. The number of benzene rings is 3. The van der Waals surface area contributed by atoms with Crippen LogP contribution in [0.4, 0.5) is 10.5 Å². The second-order valence-electron chi connectivity index (χ2n) is 7.08. The third-order valence-corrected chi connectivity index (χ3v) is 6.48. The van der Waals surface area contributed by atoms with Crippen LogP contribution in [-0.4, -0.2) is 12.7 Å². The van der Waals surface area contributed by atoms with E-state index in [2.05, 4.69) is 62.2 Å². The zero-order chi connectivity index (χ0) is 21.1. The summed E-state index contributed by atoms with van der Waals surface area (Å²) >= 11 is 2.19. The van der Waals surface area contributed by atoms with Crippen LogP contribution in [0.15, 0.2) is 65.8 Å². The Labute approximate surface area is 188 Å². The van der Waals surface area contributed by atoms with Crippen molar-refractivity contribution < 1.29 is 9.53 Å². The van der Waals surface area contributed by atoms with E-state index in [1.165, 1.54) is 22.3 Å². The Morgan fingerprint density at radius 2 is 1.77 bits per heavy atom. The summed E-state index contributed by atoms with van der Waals surface area (Å²) in [6.45, 7) is 2.54. The molecule has 0 saturated carbocycles. The number of halogens is 1. The number of alkyl carbamates (subject to hydrolysis) is 1. The van der Waals surface area contributed by atoms with Gasteiger partial charge >= 0.3 is 6.09 Å². The van der Waals surface area contributed by atoms with Gasteiger partial charge in [-0.25, -0.2) is 4.79 Å². The average molecular weight is 510 g/mol. The molecule has 0 fully saturated rings.